The summed E-state index contributed by atoms with van der Waals surface area (Å²) in [7, 11) is 1.68. The molecule has 1 aliphatic rings. The fraction of sp³-hybridized carbons (Fsp3) is 0.368. The van der Waals surface area contributed by atoms with Gasteiger partial charge in [0.15, 0.2) is 6.61 Å². The molecule has 1 fully saturated rings. The van der Waals surface area contributed by atoms with Gasteiger partial charge in [0, 0.05) is 11.6 Å². The van der Waals surface area contributed by atoms with Crippen LogP contribution in [0.25, 0.3) is 0 Å². The molecule has 3 rings (SSSR count). The third-order valence-corrected chi connectivity index (χ3v) is 5.02. The highest BCUT2D eigenvalue weighted by molar-refractivity contribution is 9.10. The number of alkyl halides is 3. The van der Waals surface area contributed by atoms with Crippen molar-refractivity contribution in [2.75, 3.05) is 13.7 Å². The van der Waals surface area contributed by atoms with Gasteiger partial charge in [0.2, 0.25) is 0 Å². The van der Waals surface area contributed by atoms with Crippen molar-refractivity contribution in [1.82, 2.24) is 0 Å². The largest absolute Gasteiger partial charge is 0.484 e. The van der Waals surface area contributed by atoms with Crippen LogP contribution in [0.2, 0.25) is 0 Å². The summed E-state index contributed by atoms with van der Waals surface area (Å²) < 4.78 is 48.2. The van der Waals surface area contributed by atoms with E-state index >= 15 is 0 Å². The number of halogens is 4. The van der Waals surface area contributed by atoms with Crippen LogP contribution in [0.4, 0.5) is 13.2 Å². The molecule has 25 heavy (non-hydrogen) atoms. The smallest absolute Gasteiger partial charge is 0.422 e. The fourth-order valence-electron chi connectivity index (χ4n) is 3.21. The SMILES string of the molecule is COC1(c2ccc(OCC(F)(F)F)cc2)CC1Cc1cccc(Br)c1. The van der Waals surface area contributed by atoms with Crippen molar-refractivity contribution in [1.29, 1.82) is 0 Å². The van der Waals surface area contributed by atoms with Crippen LogP contribution in [0.3, 0.4) is 0 Å². The lowest BCUT2D eigenvalue weighted by molar-refractivity contribution is -0.153. The third kappa shape index (κ3) is 4.36. The Morgan fingerprint density at radius 1 is 1.16 bits per heavy atom. The molecule has 0 N–H and O–H groups in total. The molecule has 0 heterocycles. The highest BCUT2D eigenvalue weighted by Crippen LogP contribution is 2.56. The number of hydrogen-bond acceptors (Lipinski definition) is 2. The molecule has 0 radical (unpaired) electrons. The molecule has 6 heteroatoms. The van der Waals surface area contributed by atoms with Gasteiger partial charge in [-0.15, -0.1) is 0 Å². The van der Waals surface area contributed by atoms with E-state index < -0.39 is 12.8 Å². The van der Waals surface area contributed by atoms with E-state index in [1.54, 1.807) is 31.4 Å². The van der Waals surface area contributed by atoms with E-state index in [1.165, 1.54) is 5.56 Å². The van der Waals surface area contributed by atoms with Gasteiger partial charge in [-0.05, 0) is 54.2 Å². The second-order valence-corrected chi connectivity index (χ2v) is 7.17. The standard InChI is InChI=1S/C19H18BrF3O2/c1-24-18(11-15(18)9-13-3-2-4-16(20)10-13)14-5-7-17(8-6-14)25-12-19(21,22)23/h2-8,10,15H,9,11-12H2,1H3. The number of methoxy groups -OCH3 is 1. The van der Waals surface area contributed by atoms with Gasteiger partial charge in [0.25, 0.3) is 0 Å². The molecule has 2 aromatic rings. The lowest BCUT2D eigenvalue weighted by Gasteiger charge is -2.17. The summed E-state index contributed by atoms with van der Waals surface area (Å²) in [6.07, 6.45) is -2.56. The summed E-state index contributed by atoms with van der Waals surface area (Å²) in [5.74, 6) is 0.547. The molecule has 0 spiro atoms. The summed E-state index contributed by atoms with van der Waals surface area (Å²) in [6.45, 7) is -1.28. The Labute approximate surface area is 153 Å². The first-order chi connectivity index (χ1) is 11.8. The summed E-state index contributed by atoms with van der Waals surface area (Å²) >= 11 is 3.47. The average Bonchev–Trinajstić information content (AvgIpc) is 3.27. The van der Waals surface area contributed by atoms with Crippen LogP contribution in [0, 0.1) is 5.92 Å². The van der Waals surface area contributed by atoms with Gasteiger partial charge < -0.3 is 9.47 Å². The Bertz CT molecular complexity index is 730. The third-order valence-electron chi connectivity index (χ3n) is 4.53. The van der Waals surface area contributed by atoms with Crippen molar-refractivity contribution >= 4 is 15.9 Å². The summed E-state index contributed by atoms with van der Waals surface area (Å²) in [4.78, 5) is 0. The van der Waals surface area contributed by atoms with Gasteiger partial charge in [0.1, 0.15) is 5.75 Å². The minimum atomic E-state index is -4.34. The highest BCUT2D eigenvalue weighted by Gasteiger charge is 2.55. The Balaban J connectivity index is 1.67. The topological polar surface area (TPSA) is 18.5 Å². The molecule has 1 aliphatic carbocycles. The van der Waals surface area contributed by atoms with Gasteiger partial charge in [-0.2, -0.15) is 13.2 Å². The van der Waals surface area contributed by atoms with E-state index in [1.807, 2.05) is 12.1 Å². The number of benzene rings is 2. The molecule has 2 aromatic carbocycles. The molecular formula is C19H18BrF3O2. The normalized spacial score (nSPS) is 22.7. The maximum atomic E-state index is 12.2. The van der Waals surface area contributed by atoms with Gasteiger partial charge >= 0.3 is 6.18 Å². The molecule has 0 aromatic heterocycles. The van der Waals surface area contributed by atoms with Crippen molar-refractivity contribution in [3.05, 3.63) is 64.1 Å². The molecule has 134 valence electrons. The van der Waals surface area contributed by atoms with Crippen LogP contribution in [-0.2, 0) is 16.8 Å². The van der Waals surface area contributed by atoms with Crippen LogP contribution in [0.5, 0.6) is 5.75 Å². The van der Waals surface area contributed by atoms with Gasteiger partial charge in [-0.25, -0.2) is 0 Å². The number of hydrogen-bond donors (Lipinski definition) is 0. The van der Waals surface area contributed by atoms with E-state index in [2.05, 4.69) is 28.1 Å². The van der Waals surface area contributed by atoms with E-state index in [-0.39, 0.29) is 11.4 Å². The second kappa shape index (κ2) is 7.00. The zero-order chi connectivity index (χ0) is 18.1. The first kappa shape index (κ1) is 18.3. The number of rotatable bonds is 6. The van der Waals surface area contributed by atoms with E-state index in [0.29, 0.717) is 5.92 Å². The van der Waals surface area contributed by atoms with Crippen LogP contribution < -0.4 is 4.74 Å². The molecule has 2 nitrogen and oxygen atoms in total. The summed E-state index contributed by atoms with van der Waals surface area (Å²) in [6, 6.07) is 14.9. The van der Waals surface area contributed by atoms with Crippen LogP contribution >= 0.6 is 15.9 Å². The Kier molecular flexibility index (Phi) is 5.11. The molecule has 1 saturated carbocycles. The fourth-order valence-corrected chi connectivity index (χ4v) is 3.66. The summed E-state index contributed by atoms with van der Waals surface area (Å²) in [5, 5.41) is 0. The van der Waals surface area contributed by atoms with Crippen molar-refractivity contribution < 1.29 is 22.6 Å². The zero-order valence-corrected chi connectivity index (χ0v) is 15.2. The minimum absolute atomic E-state index is 0.205. The molecule has 0 amide bonds. The van der Waals surface area contributed by atoms with Gasteiger partial charge in [-0.1, -0.05) is 40.2 Å². The van der Waals surface area contributed by atoms with Crippen molar-refractivity contribution in [2.24, 2.45) is 5.92 Å². The van der Waals surface area contributed by atoms with Gasteiger partial charge in [-0.3, -0.25) is 0 Å². The van der Waals surface area contributed by atoms with Crippen LogP contribution in [0.1, 0.15) is 17.5 Å². The minimum Gasteiger partial charge on any atom is -0.484 e. The maximum Gasteiger partial charge on any atom is 0.422 e. The number of ether oxygens (including phenoxy) is 2. The monoisotopic (exact) mass is 414 g/mol. The van der Waals surface area contributed by atoms with Crippen LogP contribution in [-0.4, -0.2) is 19.9 Å². The van der Waals surface area contributed by atoms with E-state index in [9.17, 15) is 13.2 Å². The Morgan fingerprint density at radius 2 is 1.88 bits per heavy atom. The van der Waals surface area contributed by atoms with E-state index in [4.69, 9.17) is 9.47 Å². The van der Waals surface area contributed by atoms with Crippen molar-refractivity contribution in [3.8, 4) is 5.75 Å². The Morgan fingerprint density at radius 3 is 2.48 bits per heavy atom. The van der Waals surface area contributed by atoms with Gasteiger partial charge in [0.05, 0.1) is 5.60 Å². The highest BCUT2D eigenvalue weighted by atomic mass is 79.9. The predicted octanol–water partition coefficient (Wildman–Crippen LogP) is 5.49. The molecular weight excluding hydrogens is 397 g/mol. The van der Waals surface area contributed by atoms with Crippen molar-refractivity contribution in [2.45, 2.75) is 24.6 Å². The average molecular weight is 415 g/mol. The molecule has 0 bridgehead atoms. The predicted molar refractivity (Wildman–Crippen MR) is 92.6 cm³/mol. The first-order valence-corrected chi connectivity index (χ1v) is 8.71. The van der Waals surface area contributed by atoms with Crippen LogP contribution in [0.15, 0.2) is 53.0 Å². The summed E-state index contributed by atoms with van der Waals surface area (Å²) in [5.41, 5.74) is 1.82. The quantitative estimate of drug-likeness (QED) is 0.621. The molecule has 2 unspecified atom stereocenters. The first-order valence-electron chi connectivity index (χ1n) is 7.92. The van der Waals surface area contributed by atoms with Crippen molar-refractivity contribution in [3.63, 3.8) is 0 Å². The molecule has 0 saturated heterocycles. The molecule has 0 aliphatic heterocycles. The van der Waals surface area contributed by atoms with E-state index in [0.717, 1.165) is 22.9 Å². The Hall–Kier alpha value is -1.53. The maximum absolute atomic E-state index is 12.2. The zero-order valence-electron chi connectivity index (χ0n) is 13.6. The molecule has 2 atom stereocenters. The lowest BCUT2D eigenvalue weighted by Crippen LogP contribution is -2.19. The lowest BCUT2D eigenvalue weighted by atomic mass is 10.0. The second-order valence-electron chi connectivity index (χ2n) is 6.26.